The number of anilines is 2. The van der Waals surface area contributed by atoms with E-state index in [0.717, 1.165) is 49.0 Å². The molecule has 3 aromatic rings. The predicted molar refractivity (Wildman–Crippen MR) is 148 cm³/mol. The third-order valence-electron chi connectivity index (χ3n) is 7.52. The second-order valence-corrected chi connectivity index (χ2v) is 11.6. The molecule has 0 radical (unpaired) electrons. The Hall–Kier alpha value is -3.46. The lowest BCUT2D eigenvalue weighted by Gasteiger charge is -2.31. The molecule has 9 heteroatoms. The van der Waals surface area contributed by atoms with Crippen molar-refractivity contribution in [3.63, 3.8) is 0 Å². The van der Waals surface area contributed by atoms with Gasteiger partial charge in [-0.05, 0) is 80.2 Å². The molecule has 2 aromatic heterocycles. The number of aromatic nitrogens is 2. The Morgan fingerprint density at radius 3 is 2.39 bits per heavy atom. The zero-order valence-corrected chi connectivity index (χ0v) is 22.9. The number of carbonyl (C=O) groups excluding carboxylic acids is 3. The summed E-state index contributed by atoms with van der Waals surface area (Å²) in [6.45, 7) is 2.89. The number of esters is 1. The van der Waals surface area contributed by atoms with Crippen LogP contribution in [0.3, 0.4) is 0 Å². The number of carbonyl (C=O) groups is 3. The summed E-state index contributed by atoms with van der Waals surface area (Å²) >= 11 is 1.34. The average molecular weight is 535 g/mol. The van der Waals surface area contributed by atoms with Crippen LogP contribution in [0.5, 0.6) is 0 Å². The van der Waals surface area contributed by atoms with E-state index in [4.69, 9.17) is 4.74 Å². The van der Waals surface area contributed by atoms with E-state index in [-0.39, 0.29) is 17.7 Å². The molecule has 2 heterocycles. The van der Waals surface area contributed by atoms with Crippen LogP contribution in [-0.4, -0.2) is 41.2 Å². The number of benzene rings is 1. The number of methoxy groups -OCH3 is 1. The highest BCUT2D eigenvalue weighted by molar-refractivity contribution is 7.18. The number of thiophene rings is 1. The Labute approximate surface area is 227 Å². The Balaban J connectivity index is 1.40. The van der Waals surface area contributed by atoms with Gasteiger partial charge < -0.3 is 15.0 Å². The number of aryl methyl sites for hydroxylation is 1. The van der Waals surface area contributed by atoms with E-state index in [2.05, 4.69) is 17.3 Å². The van der Waals surface area contributed by atoms with Gasteiger partial charge in [0.2, 0.25) is 5.91 Å². The Bertz CT molecular complexity index is 1320. The van der Waals surface area contributed by atoms with Crippen LogP contribution in [0.15, 0.2) is 42.6 Å². The minimum Gasteiger partial charge on any atom is -0.465 e. The highest BCUT2D eigenvalue weighted by Gasteiger charge is 2.35. The van der Waals surface area contributed by atoms with Crippen LogP contribution < -0.4 is 10.2 Å². The van der Waals surface area contributed by atoms with Crippen LogP contribution in [0.1, 0.15) is 65.6 Å². The quantitative estimate of drug-likeness (QED) is 0.371. The molecule has 2 aliphatic carbocycles. The smallest absolute Gasteiger partial charge is 0.350 e. The molecule has 1 aromatic carbocycles. The average Bonchev–Trinajstić information content (AvgIpc) is 3.46. The van der Waals surface area contributed by atoms with Crippen molar-refractivity contribution in [3.05, 3.63) is 53.2 Å². The topological polar surface area (TPSA) is 93.5 Å². The van der Waals surface area contributed by atoms with E-state index in [1.807, 2.05) is 35.2 Å². The SMILES string of the molecule is COC(=O)c1sc(-c2ccc(NC(=O)c3ccn(C)n3)cc2)cc1N(CC1CC1)C(=O)C1CCC(C)CC1. The molecule has 200 valence electrons. The molecule has 5 rings (SSSR count). The van der Waals surface area contributed by atoms with Crippen molar-refractivity contribution >= 4 is 40.5 Å². The third-order valence-corrected chi connectivity index (χ3v) is 8.67. The molecule has 1 N–H and O–H groups in total. The number of rotatable bonds is 8. The van der Waals surface area contributed by atoms with Crippen LogP contribution in [0.4, 0.5) is 11.4 Å². The second kappa shape index (κ2) is 11.1. The van der Waals surface area contributed by atoms with E-state index in [1.54, 1.807) is 24.0 Å². The maximum Gasteiger partial charge on any atom is 0.350 e. The summed E-state index contributed by atoms with van der Waals surface area (Å²) in [6, 6.07) is 11.1. The minimum absolute atomic E-state index is 0.000737. The van der Waals surface area contributed by atoms with Gasteiger partial charge in [-0.1, -0.05) is 19.1 Å². The number of amides is 2. The summed E-state index contributed by atoms with van der Waals surface area (Å²) in [5.74, 6) is 0.562. The molecule has 38 heavy (non-hydrogen) atoms. The molecule has 2 amide bonds. The van der Waals surface area contributed by atoms with Crippen LogP contribution in [0.2, 0.25) is 0 Å². The van der Waals surface area contributed by atoms with Gasteiger partial charge in [-0.15, -0.1) is 11.3 Å². The van der Waals surface area contributed by atoms with E-state index in [9.17, 15) is 14.4 Å². The summed E-state index contributed by atoms with van der Waals surface area (Å²) in [7, 11) is 3.14. The fourth-order valence-electron chi connectivity index (χ4n) is 5.01. The molecule has 2 fully saturated rings. The van der Waals surface area contributed by atoms with Crippen LogP contribution in [-0.2, 0) is 16.6 Å². The summed E-state index contributed by atoms with van der Waals surface area (Å²) in [5.41, 5.74) is 2.54. The number of nitrogens with zero attached hydrogens (tertiary/aromatic N) is 3. The first-order chi connectivity index (χ1) is 18.3. The van der Waals surface area contributed by atoms with Gasteiger partial charge in [-0.2, -0.15) is 5.10 Å². The van der Waals surface area contributed by atoms with Gasteiger partial charge in [0.15, 0.2) is 5.69 Å². The van der Waals surface area contributed by atoms with Gasteiger partial charge in [-0.3, -0.25) is 14.3 Å². The lowest BCUT2D eigenvalue weighted by atomic mass is 9.82. The van der Waals surface area contributed by atoms with Gasteiger partial charge in [0.25, 0.3) is 5.91 Å². The van der Waals surface area contributed by atoms with Crippen LogP contribution >= 0.6 is 11.3 Å². The zero-order valence-electron chi connectivity index (χ0n) is 22.1. The Morgan fingerprint density at radius 1 is 1.08 bits per heavy atom. The zero-order chi connectivity index (χ0) is 26.8. The van der Waals surface area contributed by atoms with Crippen molar-refractivity contribution < 1.29 is 19.1 Å². The molecule has 8 nitrogen and oxygen atoms in total. The number of hydrogen-bond donors (Lipinski definition) is 1. The molecule has 2 aliphatic rings. The fraction of sp³-hybridized carbons (Fsp3) is 0.448. The summed E-state index contributed by atoms with van der Waals surface area (Å²) in [6.07, 6.45) is 7.88. The predicted octanol–water partition coefficient (Wildman–Crippen LogP) is 5.76. The van der Waals surface area contributed by atoms with Gasteiger partial charge in [0, 0.05) is 36.3 Å². The van der Waals surface area contributed by atoms with E-state index in [1.165, 1.54) is 18.4 Å². The van der Waals surface area contributed by atoms with Gasteiger partial charge in [0.1, 0.15) is 4.88 Å². The number of nitrogens with one attached hydrogen (secondary N) is 1. The summed E-state index contributed by atoms with van der Waals surface area (Å²) < 4.78 is 6.70. The van der Waals surface area contributed by atoms with Crippen molar-refractivity contribution in [2.24, 2.45) is 24.8 Å². The van der Waals surface area contributed by atoms with E-state index in [0.29, 0.717) is 40.3 Å². The van der Waals surface area contributed by atoms with Crippen molar-refractivity contribution in [2.45, 2.75) is 45.4 Å². The van der Waals surface area contributed by atoms with Crippen LogP contribution in [0, 0.1) is 17.8 Å². The number of hydrogen-bond acceptors (Lipinski definition) is 6. The lowest BCUT2D eigenvalue weighted by Crippen LogP contribution is -2.39. The van der Waals surface area contributed by atoms with Crippen LogP contribution in [0.25, 0.3) is 10.4 Å². The summed E-state index contributed by atoms with van der Waals surface area (Å²) in [4.78, 5) is 42.2. The van der Waals surface area contributed by atoms with Crippen molar-refractivity contribution in [1.29, 1.82) is 0 Å². The third kappa shape index (κ3) is 5.83. The molecule has 0 atom stereocenters. The first kappa shape index (κ1) is 26.2. The lowest BCUT2D eigenvalue weighted by molar-refractivity contribution is -0.123. The highest BCUT2D eigenvalue weighted by atomic mass is 32.1. The van der Waals surface area contributed by atoms with Gasteiger partial charge in [-0.25, -0.2) is 4.79 Å². The largest absolute Gasteiger partial charge is 0.465 e. The Kier molecular flexibility index (Phi) is 7.65. The molecule has 2 saturated carbocycles. The normalized spacial score (nSPS) is 19.1. The standard InChI is InChI=1S/C29H34N4O4S/c1-18-4-8-21(9-5-18)28(35)33(17-19-6-7-19)24-16-25(38-26(24)29(36)37-3)20-10-12-22(13-11-20)30-27(34)23-14-15-32(2)31-23/h10-16,18-19,21H,4-9,17H2,1-3H3,(H,30,34). The minimum atomic E-state index is -0.429. The first-order valence-electron chi connectivity index (χ1n) is 13.3. The van der Waals surface area contributed by atoms with Gasteiger partial charge in [0.05, 0.1) is 12.8 Å². The molecular weight excluding hydrogens is 500 g/mol. The van der Waals surface area contributed by atoms with Crippen molar-refractivity contribution in [2.75, 3.05) is 23.9 Å². The summed E-state index contributed by atoms with van der Waals surface area (Å²) in [5, 5.41) is 6.99. The second-order valence-electron chi connectivity index (χ2n) is 10.6. The molecule has 0 aliphatic heterocycles. The fourth-order valence-corrected chi connectivity index (χ4v) is 6.09. The van der Waals surface area contributed by atoms with Gasteiger partial charge >= 0.3 is 5.97 Å². The van der Waals surface area contributed by atoms with E-state index < -0.39 is 5.97 Å². The molecular formula is C29H34N4O4S. The monoisotopic (exact) mass is 534 g/mol. The maximum absolute atomic E-state index is 13.8. The van der Waals surface area contributed by atoms with Crippen molar-refractivity contribution in [3.8, 4) is 10.4 Å². The first-order valence-corrected chi connectivity index (χ1v) is 14.1. The Morgan fingerprint density at radius 2 is 1.79 bits per heavy atom. The highest BCUT2D eigenvalue weighted by Crippen LogP contribution is 2.41. The molecule has 0 bridgehead atoms. The molecule has 0 spiro atoms. The maximum atomic E-state index is 13.8. The molecule has 0 unspecified atom stereocenters. The van der Waals surface area contributed by atoms with Crippen molar-refractivity contribution in [1.82, 2.24) is 9.78 Å². The molecule has 0 saturated heterocycles. The van der Waals surface area contributed by atoms with E-state index >= 15 is 0 Å². The number of ether oxygens (including phenoxy) is 1.